The van der Waals surface area contributed by atoms with Gasteiger partial charge in [0.25, 0.3) is 0 Å². The lowest BCUT2D eigenvalue weighted by molar-refractivity contribution is 0.0668. The van der Waals surface area contributed by atoms with Crippen LogP contribution >= 0.6 is 15.9 Å². The van der Waals surface area contributed by atoms with Crippen LogP contribution in [-0.2, 0) is 0 Å². The molecule has 102 valence electrons. The van der Waals surface area contributed by atoms with Crippen molar-refractivity contribution in [2.75, 3.05) is 13.1 Å². The first kappa shape index (κ1) is 13.3. The number of Topliss-reactive ketones (excluding diaryl/α,β-unsaturated/α-hetero) is 1. The fraction of sp³-hybridized carbons (Fsp3) is 0.600. The van der Waals surface area contributed by atoms with E-state index in [2.05, 4.69) is 25.8 Å². The number of nitrogens with zero attached hydrogens (tertiary/aromatic N) is 2. The van der Waals surface area contributed by atoms with E-state index in [0.29, 0.717) is 5.69 Å². The molecule has 2 fully saturated rings. The number of hydrogen-bond donors (Lipinski definition) is 0. The maximum atomic E-state index is 12.4. The molecular formula is C15H19BrN2O. The predicted octanol–water partition coefficient (Wildman–Crippen LogP) is 3.29. The molecule has 1 saturated carbocycles. The molecule has 0 bridgehead atoms. The van der Waals surface area contributed by atoms with E-state index in [4.69, 9.17) is 0 Å². The summed E-state index contributed by atoms with van der Waals surface area (Å²) in [5, 5.41) is 0. The van der Waals surface area contributed by atoms with Crippen LogP contribution in [0.3, 0.4) is 0 Å². The van der Waals surface area contributed by atoms with Gasteiger partial charge in [0.05, 0.1) is 0 Å². The van der Waals surface area contributed by atoms with Crippen LogP contribution in [0.15, 0.2) is 22.8 Å². The van der Waals surface area contributed by atoms with Crippen LogP contribution in [0.25, 0.3) is 0 Å². The van der Waals surface area contributed by atoms with Crippen molar-refractivity contribution < 1.29 is 4.79 Å². The summed E-state index contributed by atoms with van der Waals surface area (Å²) >= 11 is 3.33. The Morgan fingerprint density at radius 3 is 2.53 bits per heavy atom. The van der Waals surface area contributed by atoms with Gasteiger partial charge in [-0.1, -0.05) is 12.5 Å². The lowest BCUT2D eigenvalue weighted by Crippen LogP contribution is -2.45. The third kappa shape index (κ3) is 2.90. The van der Waals surface area contributed by atoms with Gasteiger partial charge in [0.2, 0.25) is 0 Å². The monoisotopic (exact) mass is 322 g/mol. The fourth-order valence-electron chi connectivity index (χ4n) is 3.03. The van der Waals surface area contributed by atoms with E-state index < -0.39 is 0 Å². The second kappa shape index (κ2) is 5.71. The number of likely N-dealkylation sites (tertiary alicyclic amines) is 1. The number of piperidine rings is 1. The lowest BCUT2D eigenvalue weighted by atomic mass is 9.86. The molecular weight excluding hydrogens is 304 g/mol. The highest BCUT2D eigenvalue weighted by atomic mass is 79.9. The van der Waals surface area contributed by atoms with Crippen LogP contribution < -0.4 is 0 Å². The summed E-state index contributed by atoms with van der Waals surface area (Å²) in [5.74, 6) is 0.382. The molecule has 0 atom stereocenters. The van der Waals surface area contributed by atoms with Crippen LogP contribution in [0.4, 0.5) is 0 Å². The van der Waals surface area contributed by atoms with E-state index in [-0.39, 0.29) is 11.7 Å². The summed E-state index contributed by atoms with van der Waals surface area (Å²) in [6, 6.07) is 6.37. The van der Waals surface area contributed by atoms with E-state index in [1.54, 1.807) is 0 Å². The number of ketones is 1. The molecule has 3 nitrogen and oxygen atoms in total. The number of pyridine rings is 1. The molecule has 0 unspecified atom stereocenters. The molecule has 2 heterocycles. The number of aromatic nitrogens is 1. The van der Waals surface area contributed by atoms with Crippen molar-refractivity contribution in [1.29, 1.82) is 0 Å². The molecule has 3 rings (SSSR count). The standard InChI is InChI=1S/C15H19BrN2O/c16-14-6-2-5-13(17-14)15(19)11-7-9-18(10-8-11)12-3-1-4-12/h2,5-6,11-12H,1,3-4,7-10H2. The molecule has 1 aliphatic heterocycles. The number of hydrogen-bond acceptors (Lipinski definition) is 3. The highest BCUT2D eigenvalue weighted by Gasteiger charge is 2.31. The zero-order valence-corrected chi connectivity index (χ0v) is 12.6. The van der Waals surface area contributed by atoms with Crippen molar-refractivity contribution >= 4 is 21.7 Å². The van der Waals surface area contributed by atoms with Crippen LogP contribution in [0.1, 0.15) is 42.6 Å². The van der Waals surface area contributed by atoms with E-state index in [1.807, 2.05) is 18.2 Å². The Bertz CT molecular complexity index is 465. The van der Waals surface area contributed by atoms with Gasteiger partial charge in [-0.3, -0.25) is 4.79 Å². The molecule has 1 aromatic heterocycles. The maximum absolute atomic E-state index is 12.4. The van der Waals surface area contributed by atoms with Crippen LogP contribution in [0.5, 0.6) is 0 Å². The normalized spacial score (nSPS) is 22.2. The summed E-state index contributed by atoms with van der Waals surface area (Å²) in [6.07, 6.45) is 6.07. The first-order valence-corrected chi connectivity index (χ1v) is 7.94. The van der Waals surface area contributed by atoms with Crippen molar-refractivity contribution in [2.45, 2.75) is 38.1 Å². The molecule has 0 amide bonds. The minimum atomic E-state index is 0.165. The number of rotatable bonds is 3. The zero-order valence-electron chi connectivity index (χ0n) is 11.0. The van der Waals surface area contributed by atoms with E-state index in [0.717, 1.165) is 36.6 Å². The quantitative estimate of drug-likeness (QED) is 0.632. The Morgan fingerprint density at radius 1 is 1.21 bits per heavy atom. The van der Waals surface area contributed by atoms with Gasteiger partial charge in [0, 0.05) is 12.0 Å². The third-order valence-corrected chi connectivity index (χ3v) is 4.90. The fourth-order valence-corrected chi connectivity index (χ4v) is 3.38. The van der Waals surface area contributed by atoms with Crippen LogP contribution in [-0.4, -0.2) is 34.8 Å². The largest absolute Gasteiger partial charge is 0.300 e. The third-order valence-electron chi connectivity index (χ3n) is 4.46. The summed E-state index contributed by atoms with van der Waals surface area (Å²) in [5.41, 5.74) is 0.608. The second-order valence-electron chi connectivity index (χ2n) is 5.60. The Kier molecular flexibility index (Phi) is 3.99. The minimum absolute atomic E-state index is 0.165. The number of carbonyl (C=O) groups is 1. The van der Waals surface area contributed by atoms with Gasteiger partial charge in [-0.05, 0) is 66.8 Å². The summed E-state index contributed by atoms with van der Waals surface area (Å²) < 4.78 is 0.741. The van der Waals surface area contributed by atoms with E-state index in [9.17, 15) is 4.79 Å². The molecule has 0 aromatic carbocycles. The molecule has 4 heteroatoms. The maximum Gasteiger partial charge on any atom is 0.184 e. The van der Waals surface area contributed by atoms with Crippen molar-refractivity contribution in [3.63, 3.8) is 0 Å². The molecule has 1 aliphatic carbocycles. The molecule has 1 aromatic rings. The highest BCUT2D eigenvalue weighted by Crippen LogP contribution is 2.30. The first-order chi connectivity index (χ1) is 9.24. The van der Waals surface area contributed by atoms with Gasteiger partial charge < -0.3 is 4.90 Å². The van der Waals surface area contributed by atoms with Crippen molar-refractivity contribution in [2.24, 2.45) is 5.92 Å². The van der Waals surface area contributed by atoms with Gasteiger partial charge in [-0.25, -0.2) is 4.98 Å². The van der Waals surface area contributed by atoms with Crippen molar-refractivity contribution in [1.82, 2.24) is 9.88 Å². The van der Waals surface area contributed by atoms with Gasteiger partial charge in [0.1, 0.15) is 10.3 Å². The zero-order chi connectivity index (χ0) is 13.2. The Morgan fingerprint density at radius 2 is 1.95 bits per heavy atom. The lowest BCUT2D eigenvalue weighted by Gasteiger charge is -2.41. The van der Waals surface area contributed by atoms with Gasteiger partial charge in [-0.2, -0.15) is 0 Å². The Balaban J connectivity index is 1.60. The predicted molar refractivity (Wildman–Crippen MR) is 78.2 cm³/mol. The minimum Gasteiger partial charge on any atom is -0.300 e. The van der Waals surface area contributed by atoms with Gasteiger partial charge in [0.15, 0.2) is 5.78 Å². The Labute approximate surface area is 122 Å². The van der Waals surface area contributed by atoms with Crippen LogP contribution in [0, 0.1) is 5.92 Å². The molecule has 19 heavy (non-hydrogen) atoms. The smallest absolute Gasteiger partial charge is 0.184 e. The first-order valence-electron chi connectivity index (χ1n) is 7.15. The van der Waals surface area contributed by atoms with Crippen molar-refractivity contribution in [3.8, 4) is 0 Å². The van der Waals surface area contributed by atoms with E-state index in [1.165, 1.54) is 19.3 Å². The number of halogens is 1. The van der Waals surface area contributed by atoms with Gasteiger partial charge >= 0.3 is 0 Å². The summed E-state index contributed by atoms with van der Waals surface area (Å²) in [7, 11) is 0. The molecule has 0 N–H and O–H groups in total. The topological polar surface area (TPSA) is 33.2 Å². The molecule has 0 radical (unpaired) electrons. The van der Waals surface area contributed by atoms with Crippen LogP contribution in [0.2, 0.25) is 0 Å². The summed E-state index contributed by atoms with van der Waals surface area (Å²) in [6.45, 7) is 2.16. The highest BCUT2D eigenvalue weighted by molar-refractivity contribution is 9.10. The number of carbonyl (C=O) groups excluding carboxylic acids is 1. The SMILES string of the molecule is O=C(c1cccc(Br)n1)C1CCN(C2CCC2)CC1. The van der Waals surface area contributed by atoms with Crippen molar-refractivity contribution in [3.05, 3.63) is 28.5 Å². The van der Waals surface area contributed by atoms with Gasteiger partial charge in [-0.15, -0.1) is 0 Å². The molecule has 1 saturated heterocycles. The summed E-state index contributed by atoms with van der Waals surface area (Å²) in [4.78, 5) is 19.3. The average molecular weight is 323 g/mol. The van der Waals surface area contributed by atoms with E-state index >= 15 is 0 Å². The molecule has 2 aliphatic rings. The Hall–Kier alpha value is -0.740. The molecule has 0 spiro atoms. The second-order valence-corrected chi connectivity index (χ2v) is 6.42. The average Bonchev–Trinajstić information content (AvgIpc) is 2.37.